The lowest BCUT2D eigenvalue weighted by atomic mass is 10.3. The van der Waals surface area contributed by atoms with Crippen molar-refractivity contribution >= 4 is 17.7 Å². The van der Waals surface area contributed by atoms with Gasteiger partial charge in [0.15, 0.2) is 11.0 Å². The van der Waals surface area contributed by atoms with Crippen LogP contribution >= 0.6 is 11.8 Å². The number of carboxylic acid groups (broad SMARTS) is 1. The van der Waals surface area contributed by atoms with Crippen molar-refractivity contribution in [2.75, 3.05) is 5.75 Å². The molecule has 90 valence electrons. The molecular formula is C9H15N3O3S. The number of aliphatic hydroxyl groups is 1. The summed E-state index contributed by atoms with van der Waals surface area (Å²) < 4.78 is 1.76. The molecule has 0 aliphatic carbocycles. The number of hydrogen-bond donors (Lipinski definition) is 2. The molecule has 7 heteroatoms. The first kappa shape index (κ1) is 13.0. The van der Waals surface area contributed by atoms with Crippen molar-refractivity contribution in [1.82, 2.24) is 14.8 Å². The molecule has 0 aliphatic heterocycles. The van der Waals surface area contributed by atoms with Crippen LogP contribution in [0.2, 0.25) is 0 Å². The first-order valence-corrected chi connectivity index (χ1v) is 6.00. The van der Waals surface area contributed by atoms with E-state index in [-0.39, 0.29) is 5.75 Å². The second kappa shape index (κ2) is 5.86. The number of thioether (sulfide) groups is 1. The summed E-state index contributed by atoms with van der Waals surface area (Å²) in [4.78, 5) is 10.5. The third-order valence-corrected chi connectivity index (χ3v) is 2.84. The predicted octanol–water partition coefficient (Wildman–Crippen LogP) is 0.918. The van der Waals surface area contributed by atoms with Gasteiger partial charge in [-0.15, -0.1) is 10.2 Å². The zero-order valence-corrected chi connectivity index (χ0v) is 10.1. The van der Waals surface area contributed by atoms with Crippen molar-refractivity contribution in [2.45, 2.75) is 38.1 Å². The van der Waals surface area contributed by atoms with Gasteiger partial charge in [-0.2, -0.15) is 0 Å². The summed E-state index contributed by atoms with van der Waals surface area (Å²) in [6.07, 6.45) is 0.177. The highest BCUT2D eigenvalue weighted by Crippen LogP contribution is 2.20. The third kappa shape index (κ3) is 3.21. The van der Waals surface area contributed by atoms with Crippen LogP contribution in [0.15, 0.2) is 5.16 Å². The Morgan fingerprint density at radius 2 is 2.25 bits per heavy atom. The molecule has 1 aromatic heterocycles. The molecule has 0 saturated heterocycles. The minimum atomic E-state index is -0.894. The minimum absolute atomic E-state index is 0.0539. The average Bonchev–Trinajstić information content (AvgIpc) is 2.59. The lowest BCUT2D eigenvalue weighted by molar-refractivity contribution is -0.133. The van der Waals surface area contributed by atoms with Gasteiger partial charge in [0, 0.05) is 6.54 Å². The SMILES string of the molecule is CCCn1c(SCC(=O)O)nnc1[C@H](C)O. The third-order valence-electron chi connectivity index (χ3n) is 1.89. The van der Waals surface area contributed by atoms with E-state index in [1.54, 1.807) is 11.5 Å². The van der Waals surface area contributed by atoms with Crippen LogP contribution in [0, 0.1) is 0 Å². The van der Waals surface area contributed by atoms with Gasteiger partial charge in [-0.05, 0) is 13.3 Å². The summed E-state index contributed by atoms with van der Waals surface area (Å²) >= 11 is 1.11. The fourth-order valence-corrected chi connectivity index (χ4v) is 1.97. The van der Waals surface area contributed by atoms with Crippen molar-refractivity contribution in [1.29, 1.82) is 0 Å². The smallest absolute Gasteiger partial charge is 0.313 e. The van der Waals surface area contributed by atoms with Crippen molar-refractivity contribution in [3.63, 3.8) is 0 Å². The molecule has 1 aromatic rings. The van der Waals surface area contributed by atoms with Gasteiger partial charge in [0.1, 0.15) is 6.10 Å². The quantitative estimate of drug-likeness (QED) is 0.724. The van der Waals surface area contributed by atoms with Crippen LogP contribution in [0.1, 0.15) is 32.2 Å². The molecule has 0 radical (unpaired) electrons. The van der Waals surface area contributed by atoms with Crippen LogP contribution in [-0.4, -0.2) is 36.7 Å². The van der Waals surface area contributed by atoms with Crippen molar-refractivity contribution < 1.29 is 15.0 Å². The lowest BCUT2D eigenvalue weighted by Gasteiger charge is -2.09. The number of rotatable bonds is 6. The molecule has 0 saturated carbocycles. The van der Waals surface area contributed by atoms with Gasteiger partial charge in [0.2, 0.25) is 0 Å². The Bertz CT molecular complexity index is 365. The van der Waals surface area contributed by atoms with Crippen molar-refractivity contribution in [3.05, 3.63) is 5.82 Å². The topological polar surface area (TPSA) is 88.2 Å². The maximum atomic E-state index is 10.5. The molecule has 0 spiro atoms. The number of hydrogen-bond acceptors (Lipinski definition) is 5. The van der Waals surface area contributed by atoms with E-state index in [2.05, 4.69) is 10.2 Å². The van der Waals surface area contributed by atoms with E-state index in [1.807, 2.05) is 6.92 Å². The van der Waals surface area contributed by atoms with Gasteiger partial charge in [0.05, 0.1) is 5.75 Å². The van der Waals surface area contributed by atoms with Crippen LogP contribution in [0.25, 0.3) is 0 Å². The number of aromatic nitrogens is 3. The molecule has 0 bridgehead atoms. The lowest BCUT2D eigenvalue weighted by Crippen LogP contribution is -2.08. The van der Waals surface area contributed by atoms with Gasteiger partial charge in [-0.1, -0.05) is 18.7 Å². The van der Waals surface area contributed by atoms with E-state index < -0.39 is 12.1 Å². The molecule has 0 aromatic carbocycles. The monoisotopic (exact) mass is 245 g/mol. The first-order valence-electron chi connectivity index (χ1n) is 5.02. The molecule has 6 nitrogen and oxygen atoms in total. The van der Waals surface area contributed by atoms with E-state index >= 15 is 0 Å². The zero-order valence-electron chi connectivity index (χ0n) is 9.25. The fourth-order valence-electron chi connectivity index (χ4n) is 1.28. The molecule has 1 atom stereocenters. The Kier molecular flexibility index (Phi) is 4.75. The predicted molar refractivity (Wildman–Crippen MR) is 59.3 cm³/mol. The summed E-state index contributed by atoms with van der Waals surface area (Å²) in [5, 5.41) is 26.3. The summed E-state index contributed by atoms with van der Waals surface area (Å²) in [7, 11) is 0. The van der Waals surface area contributed by atoms with Gasteiger partial charge < -0.3 is 14.8 Å². The minimum Gasteiger partial charge on any atom is -0.481 e. The highest BCUT2D eigenvalue weighted by atomic mass is 32.2. The summed E-state index contributed by atoms with van der Waals surface area (Å²) in [6.45, 7) is 4.29. The number of nitrogens with zero attached hydrogens (tertiary/aromatic N) is 3. The molecule has 0 unspecified atom stereocenters. The molecule has 1 rings (SSSR count). The standard InChI is InChI=1S/C9H15N3O3S/c1-3-4-12-8(6(2)13)10-11-9(12)16-5-7(14)15/h6,13H,3-5H2,1-2H3,(H,14,15)/t6-/m0/s1. The Balaban J connectivity index is 2.86. The summed E-state index contributed by atoms with van der Waals surface area (Å²) in [6, 6.07) is 0. The van der Waals surface area contributed by atoms with Crippen LogP contribution in [0.5, 0.6) is 0 Å². The normalized spacial score (nSPS) is 12.7. The number of aliphatic hydroxyl groups excluding tert-OH is 1. The van der Waals surface area contributed by atoms with Crippen LogP contribution in [0.4, 0.5) is 0 Å². The van der Waals surface area contributed by atoms with Crippen LogP contribution in [-0.2, 0) is 11.3 Å². The van der Waals surface area contributed by atoms with Crippen LogP contribution in [0.3, 0.4) is 0 Å². The van der Waals surface area contributed by atoms with Crippen molar-refractivity contribution in [3.8, 4) is 0 Å². The Morgan fingerprint density at radius 3 is 2.75 bits per heavy atom. The number of aliphatic carboxylic acids is 1. The van der Waals surface area contributed by atoms with Gasteiger partial charge >= 0.3 is 5.97 Å². The van der Waals surface area contributed by atoms with Gasteiger partial charge in [-0.3, -0.25) is 4.79 Å². The van der Waals surface area contributed by atoms with Gasteiger partial charge in [-0.25, -0.2) is 0 Å². The zero-order chi connectivity index (χ0) is 12.1. The second-order valence-electron chi connectivity index (χ2n) is 3.35. The fraction of sp³-hybridized carbons (Fsp3) is 0.667. The summed E-state index contributed by atoms with van der Waals surface area (Å²) in [5.41, 5.74) is 0. The molecule has 1 heterocycles. The average molecular weight is 245 g/mol. The van der Waals surface area contributed by atoms with E-state index in [0.29, 0.717) is 17.5 Å². The van der Waals surface area contributed by atoms with E-state index in [9.17, 15) is 9.90 Å². The first-order chi connectivity index (χ1) is 7.56. The van der Waals surface area contributed by atoms with Crippen LogP contribution < -0.4 is 0 Å². The molecule has 0 fully saturated rings. The number of carbonyl (C=O) groups is 1. The highest BCUT2D eigenvalue weighted by Gasteiger charge is 2.16. The summed E-state index contributed by atoms with van der Waals surface area (Å²) in [5.74, 6) is -0.467. The molecule has 2 N–H and O–H groups in total. The molecule has 0 aliphatic rings. The Morgan fingerprint density at radius 1 is 1.56 bits per heavy atom. The van der Waals surface area contributed by atoms with E-state index in [0.717, 1.165) is 18.2 Å². The van der Waals surface area contributed by atoms with E-state index in [1.165, 1.54) is 0 Å². The van der Waals surface area contributed by atoms with Gasteiger partial charge in [0.25, 0.3) is 0 Å². The van der Waals surface area contributed by atoms with Crippen molar-refractivity contribution in [2.24, 2.45) is 0 Å². The molecule has 16 heavy (non-hydrogen) atoms. The maximum Gasteiger partial charge on any atom is 0.313 e. The molecular weight excluding hydrogens is 230 g/mol. The second-order valence-corrected chi connectivity index (χ2v) is 4.29. The molecule has 0 amide bonds. The largest absolute Gasteiger partial charge is 0.481 e. The van der Waals surface area contributed by atoms with E-state index in [4.69, 9.17) is 5.11 Å². The number of carboxylic acids is 1. The highest BCUT2D eigenvalue weighted by molar-refractivity contribution is 7.99. The maximum absolute atomic E-state index is 10.5. The Hall–Kier alpha value is -1.08. The Labute approximate surface area is 97.7 Å².